The Hall–Kier alpha value is -2.48. The van der Waals surface area contributed by atoms with Crippen LogP contribution in [-0.4, -0.2) is 22.7 Å². The van der Waals surface area contributed by atoms with Crippen LogP contribution in [0.15, 0.2) is 42.5 Å². The van der Waals surface area contributed by atoms with Crippen molar-refractivity contribution in [3.05, 3.63) is 64.7 Å². The lowest BCUT2D eigenvalue weighted by atomic mass is 10.1. The fourth-order valence-electron chi connectivity index (χ4n) is 2.86. The van der Waals surface area contributed by atoms with E-state index in [0.29, 0.717) is 16.8 Å². The standard InChI is InChI=1S/C18H14F3NO3S/c1-10-7-13(5-6-14(10)17(24)25)22-15(23)9-26-16(22)11-3-2-4-12(8-11)18(19,20)21/h2-8,16H,9H2,1H3,(H,24,25). The third-order valence-corrected chi connectivity index (χ3v) is 5.30. The third kappa shape index (κ3) is 3.41. The molecule has 26 heavy (non-hydrogen) atoms. The summed E-state index contributed by atoms with van der Waals surface area (Å²) in [4.78, 5) is 24.9. The Labute approximate surface area is 151 Å². The van der Waals surface area contributed by atoms with Crippen molar-refractivity contribution in [1.82, 2.24) is 0 Å². The molecule has 0 saturated carbocycles. The van der Waals surface area contributed by atoms with E-state index in [2.05, 4.69) is 0 Å². The van der Waals surface area contributed by atoms with Crippen LogP contribution in [0.1, 0.15) is 32.4 Å². The number of carboxylic acids is 1. The summed E-state index contributed by atoms with van der Waals surface area (Å²) in [6.07, 6.45) is -4.46. The fourth-order valence-corrected chi connectivity index (χ4v) is 4.02. The van der Waals surface area contributed by atoms with Crippen LogP contribution < -0.4 is 4.90 Å². The van der Waals surface area contributed by atoms with Crippen LogP contribution in [0.4, 0.5) is 18.9 Å². The van der Waals surface area contributed by atoms with E-state index >= 15 is 0 Å². The predicted molar refractivity (Wildman–Crippen MR) is 92.3 cm³/mol. The quantitative estimate of drug-likeness (QED) is 0.851. The zero-order valence-electron chi connectivity index (χ0n) is 13.6. The normalized spacial score (nSPS) is 17.6. The van der Waals surface area contributed by atoms with E-state index in [4.69, 9.17) is 5.11 Å². The van der Waals surface area contributed by atoms with Crippen LogP contribution in [0.5, 0.6) is 0 Å². The lowest BCUT2D eigenvalue weighted by molar-refractivity contribution is -0.137. The molecule has 1 amide bonds. The van der Waals surface area contributed by atoms with E-state index in [-0.39, 0.29) is 17.2 Å². The van der Waals surface area contributed by atoms with E-state index in [1.165, 1.54) is 34.9 Å². The van der Waals surface area contributed by atoms with Gasteiger partial charge >= 0.3 is 12.1 Å². The molecule has 4 nitrogen and oxygen atoms in total. The average Bonchev–Trinajstić information content (AvgIpc) is 2.95. The maximum atomic E-state index is 13.0. The number of amides is 1. The summed E-state index contributed by atoms with van der Waals surface area (Å²) < 4.78 is 38.9. The van der Waals surface area contributed by atoms with Gasteiger partial charge in [0.25, 0.3) is 0 Å². The summed E-state index contributed by atoms with van der Waals surface area (Å²) in [6.45, 7) is 1.61. The summed E-state index contributed by atoms with van der Waals surface area (Å²) in [5.41, 5.74) is 0.652. The zero-order valence-corrected chi connectivity index (χ0v) is 14.4. The first-order valence-corrected chi connectivity index (χ1v) is 8.68. The second kappa shape index (κ2) is 6.68. The number of hydrogen-bond donors (Lipinski definition) is 1. The van der Waals surface area contributed by atoms with Gasteiger partial charge in [0.05, 0.1) is 16.9 Å². The summed E-state index contributed by atoms with van der Waals surface area (Å²) in [6, 6.07) is 9.36. The number of carbonyl (C=O) groups is 2. The molecule has 1 saturated heterocycles. The van der Waals surface area contributed by atoms with Gasteiger partial charge in [0.1, 0.15) is 5.37 Å². The Kier molecular flexibility index (Phi) is 4.70. The molecule has 0 radical (unpaired) electrons. The van der Waals surface area contributed by atoms with Gasteiger partial charge in [-0.25, -0.2) is 4.79 Å². The number of thioether (sulfide) groups is 1. The van der Waals surface area contributed by atoms with Gasteiger partial charge in [-0.3, -0.25) is 9.69 Å². The number of aromatic carboxylic acids is 1. The van der Waals surface area contributed by atoms with Crippen molar-refractivity contribution in [3.63, 3.8) is 0 Å². The van der Waals surface area contributed by atoms with Crippen LogP contribution in [0.3, 0.4) is 0 Å². The van der Waals surface area contributed by atoms with Gasteiger partial charge in [-0.05, 0) is 48.4 Å². The Morgan fingerprint density at radius 2 is 1.96 bits per heavy atom. The lowest BCUT2D eigenvalue weighted by Gasteiger charge is -2.25. The molecule has 0 aliphatic carbocycles. The van der Waals surface area contributed by atoms with Crippen molar-refractivity contribution in [2.24, 2.45) is 0 Å². The number of halogens is 3. The molecule has 0 bridgehead atoms. The van der Waals surface area contributed by atoms with E-state index in [1.807, 2.05) is 0 Å². The Morgan fingerprint density at radius 1 is 1.23 bits per heavy atom. The molecule has 1 aliphatic rings. The highest BCUT2D eigenvalue weighted by atomic mass is 32.2. The Bertz CT molecular complexity index is 882. The summed E-state index contributed by atoms with van der Waals surface area (Å²) in [7, 11) is 0. The van der Waals surface area contributed by atoms with Gasteiger partial charge < -0.3 is 5.11 Å². The molecular formula is C18H14F3NO3S. The molecule has 1 N–H and O–H groups in total. The lowest BCUT2D eigenvalue weighted by Crippen LogP contribution is -2.28. The second-order valence-corrected chi connectivity index (χ2v) is 6.92. The number of anilines is 1. The molecule has 0 aromatic heterocycles. The molecule has 1 heterocycles. The average molecular weight is 381 g/mol. The van der Waals surface area contributed by atoms with E-state index in [0.717, 1.165) is 12.1 Å². The van der Waals surface area contributed by atoms with Crippen molar-refractivity contribution in [3.8, 4) is 0 Å². The topological polar surface area (TPSA) is 57.6 Å². The first-order chi connectivity index (χ1) is 12.2. The minimum Gasteiger partial charge on any atom is -0.478 e. The van der Waals surface area contributed by atoms with Crippen molar-refractivity contribution in [2.45, 2.75) is 18.5 Å². The van der Waals surface area contributed by atoms with Gasteiger partial charge in [-0.15, -0.1) is 11.8 Å². The van der Waals surface area contributed by atoms with E-state index in [1.54, 1.807) is 19.1 Å². The third-order valence-electron chi connectivity index (χ3n) is 4.09. The number of nitrogens with zero attached hydrogens (tertiary/aromatic N) is 1. The van der Waals surface area contributed by atoms with Crippen molar-refractivity contribution >= 4 is 29.3 Å². The zero-order chi connectivity index (χ0) is 19.1. The molecule has 2 aromatic rings. The SMILES string of the molecule is Cc1cc(N2C(=O)CSC2c2cccc(C(F)(F)F)c2)ccc1C(=O)O. The Balaban J connectivity index is 2.00. The smallest absolute Gasteiger partial charge is 0.416 e. The second-order valence-electron chi connectivity index (χ2n) is 5.85. The molecule has 2 aromatic carbocycles. The van der Waals surface area contributed by atoms with Crippen LogP contribution in [0, 0.1) is 6.92 Å². The number of carboxylic acid groups (broad SMARTS) is 1. The van der Waals surface area contributed by atoms with Crippen molar-refractivity contribution in [2.75, 3.05) is 10.7 Å². The van der Waals surface area contributed by atoms with Crippen LogP contribution >= 0.6 is 11.8 Å². The predicted octanol–water partition coefficient (Wildman–Crippen LogP) is 4.49. The monoisotopic (exact) mass is 381 g/mol. The fraction of sp³-hybridized carbons (Fsp3) is 0.222. The Morgan fingerprint density at radius 3 is 2.58 bits per heavy atom. The molecule has 1 fully saturated rings. The number of alkyl halides is 3. The van der Waals surface area contributed by atoms with Crippen molar-refractivity contribution < 1.29 is 27.9 Å². The summed E-state index contributed by atoms with van der Waals surface area (Å²) >= 11 is 1.23. The number of aryl methyl sites for hydroxylation is 1. The van der Waals surface area contributed by atoms with E-state index < -0.39 is 23.1 Å². The van der Waals surface area contributed by atoms with Crippen LogP contribution in [0.2, 0.25) is 0 Å². The van der Waals surface area contributed by atoms with Crippen molar-refractivity contribution in [1.29, 1.82) is 0 Å². The van der Waals surface area contributed by atoms with Gasteiger partial charge in [0, 0.05) is 5.69 Å². The van der Waals surface area contributed by atoms with Crippen LogP contribution in [-0.2, 0) is 11.0 Å². The minimum absolute atomic E-state index is 0.115. The first kappa shape index (κ1) is 18.3. The van der Waals surface area contributed by atoms with Gasteiger partial charge in [0.15, 0.2) is 0 Å². The maximum absolute atomic E-state index is 13.0. The highest BCUT2D eigenvalue weighted by molar-refractivity contribution is 8.00. The highest BCUT2D eigenvalue weighted by Gasteiger charge is 2.36. The number of benzene rings is 2. The van der Waals surface area contributed by atoms with Gasteiger partial charge in [0.2, 0.25) is 5.91 Å². The molecule has 136 valence electrons. The molecule has 1 atom stereocenters. The molecule has 8 heteroatoms. The molecule has 0 spiro atoms. The largest absolute Gasteiger partial charge is 0.478 e. The van der Waals surface area contributed by atoms with E-state index in [9.17, 15) is 22.8 Å². The summed E-state index contributed by atoms with van der Waals surface area (Å²) in [5.74, 6) is -1.17. The molecular weight excluding hydrogens is 367 g/mol. The van der Waals surface area contributed by atoms with Gasteiger partial charge in [-0.1, -0.05) is 12.1 Å². The number of carbonyl (C=O) groups excluding carboxylic acids is 1. The molecule has 3 rings (SSSR count). The molecule has 1 unspecified atom stereocenters. The highest BCUT2D eigenvalue weighted by Crippen LogP contribution is 2.43. The first-order valence-electron chi connectivity index (χ1n) is 7.63. The molecule has 1 aliphatic heterocycles. The maximum Gasteiger partial charge on any atom is 0.416 e. The van der Waals surface area contributed by atoms with Crippen LogP contribution in [0.25, 0.3) is 0 Å². The number of hydrogen-bond acceptors (Lipinski definition) is 3. The minimum atomic E-state index is -4.46. The van der Waals surface area contributed by atoms with Gasteiger partial charge in [-0.2, -0.15) is 13.2 Å². The number of rotatable bonds is 3. The summed E-state index contributed by atoms with van der Waals surface area (Å²) in [5, 5.41) is 8.52.